The van der Waals surface area contributed by atoms with E-state index < -0.39 is 5.91 Å². The van der Waals surface area contributed by atoms with Crippen LogP contribution in [0, 0.1) is 13.8 Å². The highest BCUT2D eigenvalue weighted by Gasteiger charge is 2.14. The number of anilines is 1. The van der Waals surface area contributed by atoms with E-state index in [1.165, 1.54) is 37.1 Å². The first-order valence-electron chi connectivity index (χ1n) is 9.34. The standard InChI is InChI=1S/C22H22ClN3O5/c1-13-5-6-15(9-14(13)2)26-22(28)8-7-21(25-26)31-12-20(27)24-17-10-16(23)18(29-3)11-19(17)30-4/h5-11H,12H2,1-4H3,(H,24,27). The molecule has 0 unspecified atom stereocenters. The molecular formula is C22H22ClN3O5. The summed E-state index contributed by atoms with van der Waals surface area (Å²) in [6.45, 7) is 3.61. The zero-order valence-corrected chi connectivity index (χ0v) is 18.3. The summed E-state index contributed by atoms with van der Waals surface area (Å²) in [7, 11) is 2.95. The third kappa shape index (κ3) is 5.16. The van der Waals surface area contributed by atoms with Gasteiger partial charge in [0.25, 0.3) is 11.5 Å². The molecule has 31 heavy (non-hydrogen) atoms. The Bertz CT molecular complexity index is 1180. The average molecular weight is 444 g/mol. The second kappa shape index (κ2) is 9.53. The van der Waals surface area contributed by atoms with Crippen LogP contribution in [-0.2, 0) is 4.79 Å². The van der Waals surface area contributed by atoms with E-state index in [-0.39, 0.29) is 18.0 Å². The van der Waals surface area contributed by atoms with Gasteiger partial charge < -0.3 is 19.5 Å². The van der Waals surface area contributed by atoms with Crippen LogP contribution in [0.3, 0.4) is 0 Å². The van der Waals surface area contributed by atoms with Crippen molar-refractivity contribution in [2.45, 2.75) is 13.8 Å². The zero-order valence-electron chi connectivity index (χ0n) is 17.6. The zero-order chi connectivity index (χ0) is 22.5. The van der Waals surface area contributed by atoms with E-state index in [0.29, 0.717) is 27.9 Å². The second-order valence-corrected chi connectivity index (χ2v) is 7.12. The fraction of sp³-hybridized carbons (Fsp3) is 0.227. The number of amides is 1. The van der Waals surface area contributed by atoms with Crippen molar-refractivity contribution in [3.05, 3.63) is 69.0 Å². The van der Waals surface area contributed by atoms with Gasteiger partial charge in [-0.2, -0.15) is 4.68 Å². The first kappa shape index (κ1) is 22.2. The van der Waals surface area contributed by atoms with Gasteiger partial charge in [0, 0.05) is 18.2 Å². The molecule has 1 heterocycles. The Morgan fingerprint density at radius 1 is 1.03 bits per heavy atom. The molecule has 2 aromatic carbocycles. The number of benzene rings is 2. The number of rotatable bonds is 7. The number of halogens is 1. The molecule has 3 rings (SSSR count). The normalized spacial score (nSPS) is 10.5. The minimum absolute atomic E-state index is 0.132. The molecule has 0 saturated carbocycles. The van der Waals surface area contributed by atoms with Crippen molar-refractivity contribution in [2.75, 3.05) is 26.1 Å². The maximum Gasteiger partial charge on any atom is 0.271 e. The molecule has 162 valence electrons. The number of carbonyl (C=O) groups is 1. The van der Waals surface area contributed by atoms with Gasteiger partial charge in [-0.25, -0.2) is 0 Å². The van der Waals surface area contributed by atoms with Crippen LogP contribution in [0.25, 0.3) is 5.69 Å². The van der Waals surface area contributed by atoms with Crippen LogP contribution >= 0.6 is 11.6 Å². The van der Waals surface area contributed by atoms with Gasteiger partial charge in [0.1, 0.15) is 11.5 Å². The molecule has 0 aliphatic carbocycles. The summed E-state index contributed by atoms with van der Waals surface area (Å²) in [6, 6.07) is 11.4. The van der Waals surface area contributed by atoms with Crippen molar-refractivity contribution in [2.24, 2.45) is 0 Å². The van der Waals surface area contributed by atoms with Gasteiger partial charge in [-0.15, -0.1) is 5.10 Å². The maximum absolute atomic E-state index is 12.4. The van der Waals surface area contributed by atoms with Crippen LogP contribution in [0.15, 0.2) is 47.3 Å². The molecule has 0 atom stereocenters. The number of nitrogens with one attached hydrogen (secondary N) is 1. The number of hydrogen-bond donors (Lipinski definition) is 1. The summed E-state index contributed by atoms with van der Waals surface area (Å²) in [6.07, 6.45) is 0. The molecule has 0 fully saturated rings. The Kier molecular flexibility index (Phi) is 6.81. The number of carbonyl (C=O) groups excluding carboxylic acids is 1. The van der Waals surface area contributed by atoms with Crippen molar-refractivity contribution in [1.82, 2.24) is 9.78 Å². The Morgan fingerprint density at radius 3 is 2.45 bits per heavy atom. The monoisotopic (exact) mass is 443 g/mol. The van der Waals surface area contributed by atoms with Crippen LogP contribution in [0.4, 0.5) is 5.69 Å². The van der Waals surface area contributed by atoms with Gasteiger partial charge in [-0.1, -0.05) is 17.7 Å². The number of methoxy groups -OCH3 is 2. The van der Waals surface area contributed by atoms with Crippen molar-refractivity contribution < 1.29 is 19.0 Å². The van der Waals surface area contributed by atoms with E-state index in [1.807, 2.05) is 26.0 Å². The Morgan fingerprint density at radius 2 is 1.77 bits per heavy atom. The minimum Gasteiger partial charge on any atom is -0.495 e. The molecule has 0 saturated heterocycles. The van der Waals surface area contributed by atoms with Crippen LogP contribution in [0.2, 0.25) is 5.02 Å². The largest absolute Gasteiger partial charge is 0.495 e. The van der Waals surface area contributed by atoms with Crippen molar-refractivity contribution in [3.8, 4) is 23.1 Å². The van der Waals surface area contributed by atoms with Gasteiger partial charge in [0.05, 0.1) is 30.6 Å². The van der Waals surface area contributed by atoms with Gasteiger partial charge in [0.2, 0.25) is 5.88 Å². The molecular weight excluding hydrogens is 422 g/mol. The van der Waals surface area contributed by atoms with Crippen LogP contribution in [0.5, 0.6) is 17.4 Å². The lowest BCUT2D eigenvalue weighted by atomic mass is 10.1. The lowest BCUT2D eigenvalue weighted by molar-refractivity contribution is -0.118. The lowest BCUT2D eigenvalue weighted by Crippen LogP contribution is -2.24. The fourth-order valence-corrected chi connectivity index (χ4v) is 3.04. The molecule has 0 aliphatic heterocycles. The topological polar surface area (TPSA) is 91.7 Å². The molecule has 0 spiro atoms. The minimum atomic E-state index is -0.453. The molecule has 1 aromatic heterocycles. The molecule has 1 N–H and O–H groups in total. The van der Waals surface area contributed by atoms with E-state index in [1.54, 1.807) is 12.1 Å². The average Bonchev–Trinajstić information content (AvgIpc) is 2.75. The highest BCUT2D eigenvalue weighted by molar-refractivity contribution is 6.32. The van der Waals surface area contributed by atoms with E-state index in [9.17, 15) is 9.59 Å². The van der Waals surface area contributed by atoms with E-state index in [2.05, 4.69) is 10.4 Å². The molecule has 3 aromatic rings. The molecule has 8 nitrogen and oxygen atoms in total. The number of nitrogens with zero attached hydrogens (tertiary/aromatic N) is 2. The fourth-order valence-electron chi connectivity index (χ4n) is 2.80. The molecule has 0 aliphatic rings. The summed E-state index contributed by atoms with van der Waals surface area (Å²) in [5.41, 5.74) is 2.81. The molecule has 0 bridgehead atoms. The maximum atomic E-state index is 12.4. The lowest BCUT2D eigenvalue weighted by Gasteiger charge is -2.13. The summed E-state index contributed by atoms with van der Waals surface area (Å²) in [5.74, 6) is 0.486. The van der Waals surface area contributed by atoms with Crippen molar-refractivity contribution in [3.63, 3.8) is 0 Å². The summed E-state index contributed by atoms with van der Waals surface area (Å²) >= 11 is 6.12. The predicted molar refractivity (Wildman–Crippen MR) is 118 cm³/mol. The van der Waals surface area contributed by atoms with Crippen LogP contribution in [0.1, 0.15) is 11.1 Å². The SMILES string of the molecule is COc1cc(OC)c(NC(=O)COc2ccc(=O)n(-c3ccc(C)c(C)c3)n2)cc1Cl. The Balaban J connectivity index is 1.73. The molecule has 0 radical (unpaired) electrons. The van der Waals surface area contributed by atoms with E-state index >= 15 is 0 Å². The quantitative estimate of drug-likeness (QED) is 0.600. The van der Waals surface area contributed by atoms with Crippen molar-refractivity contribution >= 4 is 23.2 Å². The van der Waals surface area contributed by atoms with E-state index in [4.69, 9.17) is 25.8 Å². The molecule has 9 heteroatoms. The van der Waals surface area contributed by atoms with Gasteiger partial charge in [0.15, 0.2) is 6.61 Å². The number of aryl methyl sites for hydroxylation is 2. The van der Waals surface area contributed by atoms with E-state index in [0.717, 1.165) is 11.1 Å². The van der Waals surface area contributed by atoms with Crippen LogP contribution < -0.4 is 25.1 Å². The third-order valence-electron chi connectivity index (χ3n) is 4.61. The summed E-state index contributed by atoms with van der Waals surface area (Å²) in [5, 5.41) is 7.19. The van der Waals surface area contributed by atoms with Gasteiger partial charge in [-0.05, 0) is 43.2 Å². The number of aromatic nitrogens is 2. The van der Waals surface area contributed by atoms with Gasteiger partial charge in [-0.3, -0.25) is 9.59 Å². The number of ether oxygens (including phenoxy) is 3. The number of hydrogen-bond acceptors (Lipinski definition) is 6. The highest BCUT2D eigenvalue weighted by Crippen LogP contribution is 2.35. The smallest absolute Gasteiger partial charge is 0.271 e. The summed E-state index contributed by atoms with van der Waals surface area (Å²) < 4.78 is 17.1. The second-order valence-electron chi connectivity index (χ2n) is 6.71. The van der Waals surface area contributed by atoms with Crippen LogP contribution in [-0.4, -0.2) is 36.5 Å². The summed E-state index contributed by atoms with van der Waals surface area (Å²) in [4.78, 5) is 24.6. The first-order chi connectivity index (χ1) is 14.8. The Labute approximate surface area is 184 Å². The third-order valence-corrected chi connectivity index (χ3v) is 4.91. The van der Waals surface area contributed by atoms with Gasteiger partial charge >= 0.3 is 0 Å². The van der Waals surface area contributed by atoms with Crippen molar-refractivity contribution in [1.29, 1.82) is 0 Å². The highest BCUT2D eigenvalue weighted by atomic mass is 35.5. The Hall–Kier alpha value is -3.52. The molecule has 1 amide bonds. The predicted octanol–water partition coefficient (Wildman–Crippen LogP) is 3.54. The first-order valence-corrected chi connectivity index (χ1v) is 9.72.